The molecule has 0 spiro atoms. The zero-order chi connectivity index (χ0) is 14.5. The molecule has 0 aromatic carbocycles. The van der Waals surface area contributed by atoms with E-state index in [0.29, 0.717) is 29.6 Å². The zero-order valence-electron chi connectivity index (χ0n) is 11.2. The lowest BCUT2D eigenvalue weighted by Gasteiger charge is -2.07. The van der Waals surface area contributed by atoms with Crippen LogP contribution in [0.15, 0.2) is 21.4 Å². The highest BCUT2D eigenvalue weighted by Crippen LogP contribution is 2.18. The molecule has 6 nitrogen and oxygen atoms in total. The molecule has 108 valence electrons. The van der Waals surface area contributed by atoms with Gasteiger partial charge in [0.05, 0.1) is 0 Å². The van der Waals surface area contributed by atoms with Crippen LogP contribution in [-0.4, -0.2) is 41.8 Å². The van der Waals surface area contributed by atoms with E-state index in [9.17, 15) is 9.59 Å². The summed E-state index contributed by atoms with van der Waals surface area (Å²) in [5, 5.41) is 4.96. The fourth-order valence-corrected chi connectivity index (χ4v) is 3.04. The summed E-state index contributed by atoms with van der Waals surface area (Å²) in [6.07, 6.45) is 4.13. The summed E-state index contributed by atoms with van der Waals surface area (Å²) < 4.78 is 6.31. The Hall–Kier alpha value is -1.38. The minimum absolute atomic E-state index is 0.103. The van der Waals surface area contributed by atoms with Gasteiger partial charge in [-0.1, -0.05) is 0 Å². The largest absolute Gasteiger partial charge is 0.385 e. The molecule has 2 aromatic rings. The third kappa shape index (κ3) is 3.02. The second kappa shape index (κ2) is 6.87. The molecule has 0 aliphatic carbocycles. The molecule has 0 unspecified atom stereocenters. The lowest BCUT2D eigenvalue weighted by molar-refractivity contribution is 0.0943. The topological polar surface area (TPSA) is 72.7 Å². The molecule has 2 rings (SSSR count). The average Bonchev–Trinajstić information content (AvgIpc) is 2.91. The van der Waals surface area contributed by atoms with E-state index in [-0.39, 0.29) is 17.0 Å². The van der Waals surface area contributed by atoms with Crippen molar-refractivity contribution < 1.29 is 9.53 Å². The Balaban J connectivity index is 2.29. The fraction of sp³-hybridized carbons (Fsp3) is 0.417. The summed E-state index contributed by atoms with van der Waals surface area (Å²) in [5.41, 5.74) is -0.226. The summed E-state index contributed by atoms with van der Waals surface area (Å²) in [6, 6.07) is 0. The predicted molar refractivity (Wildman–Crippen MR) is 79.9 cm³/mol. The molecule has 8 heteroatoms. The number of rotatable bonds is 6. The maximum Gasteiger partial charge on any atom is 0.272 e. The second-order valence-corrected chi connectivity index (χ2v) is 5.63. The Morgan fingerprint density at radius 2 is 2.40 bits per heavy atom. The van der Waals surface area contributed by atoms with Gasteiger partial charge in [-0.05, 0) is 12.7 Å². The summed E-state index contributed by atoms with van der Waals surface area (Å²) in [5.74, 6) is -0.386. The number of aromatic nitrogens is 2. The Morgan fingerprint density at radius 3 is 3.10 bits per heavy atom. The highest BCUT2D eigenvalue weighted by atomic mass is 32.2. The van der Waals surface area contributed by atoms with Gasteiger partial charge in [-0.15, -0.1) is 23.1 Å². The van der Waals surface area contributed by atoms with E-state index >= 15 is 0 Å². The van der Waals surface area contributed by atoms with Crippen molar-refractivity contribution in [2.75, 3.05) is 26.5 Å². The van der Waals surface area contributed by atoms with Crippen molar-refractivity contribution in [3.8, 4) is 0 Å². The number of ether oxygens (including phenoxy) is 1. The van der Waals surface area contributed by atoms with Crippen LogP contribution in [0.1, 0.15) is 16.8 Å². The number of nitrogens with zero attached hydrogens (tertiary/aromatic N) is 2. The third-order valence-electron chi connectivity index (χ3n) is 2.66. The molecule has 2 aromatic heterocycles. The number of thioether (sulfide) groups is 1. The SMILES string of the molecule is COCCCNC(=O)c1c(SC)nc2sccn2c1=O. The van der Waals surface area contributed by atoms with Crippen molar-refractivity contribution in [3.63, 3.8) is 0 Å². The number of hydrogen-bond acceptors (Lipinski definition) is 6. The molecule has 0 aliphatic rings. The van der Waals surface area contributed by atoms with Gasteiger partial charge < -0.3 is 10.1 Å². The maximum absolute atomic E-state index is 12.3. The molecule has 0 saturated heterocycles. The molecule has 0 radical (unpaired) electrons. The Morgan fingerprint density at radius 1 is 1.60 bits per heavy atom. The maximum atomic E-state index is 12.3. The first-order valence-electron chi connectivity index (χ1n) is 6.00. The van der Waals surface area contributed by atoms with E-state index < -0.39 is 0 Å². The minimum atomic E-state index is -0.386. The van der Waals surface area contributed by atoms with Gasteiger partial charge in [0.1, 0.15) is 10.6 Å². The standard InChI is InChI=1S/C12H15N3O3S2/c1-18-6-3-4-13-9(16)8-10(19-2)14-12-15(11(8)17)5-7-20-12/h5,7H,3-4,6H2,1-2H3,(H,13,16). The van der Waals surface area contributed by atoms with E-state index in [1.54, 1.807) is 24.9 Å². The van der Waals surface area contributed by atoms with Crippen LogP contribution in [-0.2, 0) is 4.74 Å². The molecule has 20 heavy (non-hydrogen) atoms. The first kappa shape index (κ1) is 15.0. The number of nitrogens with one attached hydrogen (secondary N) is 1. The van der Waals surface area contributed by atoms with Crippen LogP contribution in [0.3, 0.4) is 0 Å². The van der Waals surface area contributed by atoms with E-state index in [2.05, 4.69) is 10.3 Å². The van der Waals surface area contributed by atoms with Gasteiger partial charge in [-0.3, -0.25) is 14.0 Å². The normalized spacial score (nSPS) is 10.9. The van der Waals surface area contributed by atoms with Gasteiger partial charge in [0.25, 0.3) is 11.5 Å². The minimum Gasteiger partial charge on any atom is -0.385 e. The molecule has 0 saturated carbocycles. The van der Waals surface area contributed by atoms with Gasteiger partial charge >= 0.3 is 0 Å². The Kier molecular flexibility index (Phi) is 5.16. The van der Waals surface area contributed by atoms with Gasteiger partial charge in [0, 0.05) is 31.8 Å². The number of fused-ring (bicyclic) bond motifs is 1. The van der Waals surface area contributed by atoms with Crippen LogP contribution in [0.2, 0.25) is 0 Å². The first-order valence-corrected chi connectivity index (χ1v) is 8.10. The van der Waals surface area contributed by atoms with Crippen molar-refractivity contribution in [1.29, 1.82) is 0 Å². The molecular weight excluding hydrogens is 298 g/mol. The van der Waals surface area contributed by atoms with E-state index in [0.717, 1.165) is 0 Å². The van der Waals surface area contributed by atoms with Gasteiger partial charge in [0.15, 0.2) is 4.96 Å². The van der Waals surface area contributed by atoms with Crippen molar-refractivity contribution in [2.45, 2.75) is 11.4 Å². The van der Waals surface area contributed by atoms with E-state index in [1.807, 2.05) is 0 Å². The monoisotopic (exact) mass is 313 g/mol. The van der Waals surface area contributed by atoms with Crippen LogP contribution in [0, 0.1) is 0 Å². The summed E-state index contributed by atoms with van der Waals surface area (Å²) >= 11 is 2.66. The van der Waals surface area contributed by atoms with Crippen LogP contribution < -0.4 is 10.9 Å². The molecule has 0 fully saturated rings. The number of thiazole rings is 1. The number of amides is 1. The van der Waals surface area contributed by atoms with Crippen LogP contribution in [0.4, 0.5) is 0 Å². The van der Waals surface area contributed by atoms with Crippen molar-refractivity contribution in [1.82, 2.24) is 14.7 Å². The van der Waals surface area contributed by atoms with Crippen LogP contribution >= 0.6 is 23.1 Å². The summed E-state index contributed by atoms with van der Waals surface area (Å²) in [4.78, 5) is 29.4. The Labute approximate surface area is 124 Å². The van der Waals surface area contributed by atoms with Crippen molar-refractivity contribution in [2.24, 2.45) is 0 Å². The summed E-state index contributed by atoms with van der Waals surface area (Å²) in [7, 11) is 1.61. The number of methoxy groups -OCH3 is 1. The number of carbonyl (C=O) groups excluding carboxylic acids is 1. The molecule has 1 N–H and O–H groups in total. The van der Waals surface area contributed by atoms with Crippen molar-refractivity contribution in [3.05, 3.63) is 27.5 Å². The molecule has 2 heterocycles. The third-order valence-corrected chi connectivity index (χ3v) is 4.10. The lowest BCUT2D eigenvalue weighted by Crippen LogP contribution is -2.33. The molecule has 0 bridgehead atoms. The predicted octanol–water partition coefficient (Wildman–Crippen LogP) is 1.24. The van der Waals surface area contributed by atoms with Crippen molar-refractivity contribution >= 4 is 34.0 Å². The van der Waals surface area contributed by atoms with Gasteiger partial charge in [-0.2, -0.15) is 0 Å². The van der Waals surface area contributed by atoms with Crippen LogP contribution in [0.5, 0.6) is 0 Å². The Bertz CT molecular complexity index is 666. The number of hydrogen-bond donors (Lipinski definition) is 1. The van der Waals surface area contributed by atoms with E-state index in [1.165, 1.54) is 27.5 Å². The summed E-state index contributed by atoms with van der Waals surface area (Å²) in [6.45, 7) is 1.03. The van der Waals surface area contributed by atoms with Crippen LogP contribution in [0.25, 0.3) is 4.96 Å². The van der Waals surface area contributed by atoms with Gasteiger partial charge in [-0.25, -0.2) is 4.98 Å². The van der Waals surface area contributed by atoms with E-state index in [4.69, 9.17) is 4.74 Å². The highest BCUT2D eigenvalue weighted by molar-refractivity contribution is 7.98. The first-order chi connectivity index (χ1) is 9.69. The zero-order valence-corrected chi connectivity index (χ0v) is 12.8. The van der Waals surface area contributed by atoms with Gasteiger partial charge in [0.2, 0.25) is 0 Å². The second-order valence-electron chi connectivity index (χ2n) is 3.96. The fourth-order valence-electron chi connectivity index (χ4n) is 1.71. The smallest absolute Gasteiger partial charge is 0.272 e. The number of carbonyl (C=O) groups is 1. The quantitative estimate of drug-likeness (QED) is 0.493. The molecule has 1 amide bonds. The molecule has 0 aliphatic heterocycles. The molecular formula is C12H15N3O3S2. The highest BCUT2D eigenvalue weighted by Gasteiger charge is 2.19. The lowest BCUT2D eigenvalue weighted by atomic mass is 10.3. The molecule has 0 atom stereocenters. The average molecular weight is 313 g/mol.